The van der Waals surface area contributed by atoms with Crippen LogP contribution in [0.5, 0.6) is 0 Å². The van der Waals surface area contributed by atoms with Crippen molar-refractivity contribution in [3.05, 3.63) is 0 Å². The van der Waals surface area contributed by atoms with E-state index in [9.17, 15) is 13.2 Å². The monoisotopic (exact) mass is 236 g/mol. The van der Waals surface area contributed by atoms with Crippen LogP contribution in [0.25, 0.3) is 0 Å². The van der Waals surface area contributed by atoms with Crippen LogP contribution in [-0.2, 0) is 19.6 Å². The Morgan fingerprint density at radius 3 is 2.60 bits per heavy atom. The molecule has 15 heavy (non-hydrogen) atoms. The maximum atomic E-state index is 11.4. The Morgan fingerprint density at radius 1 is 1.60 bits per heavy atom. The summed E-state index contributed by atoms with van der Waals surface area (Å²) >= 11 is 0. The zero-order valence-corrected chi connectivity index (χ0v) is 9.42. The molecule has 0 radical (unpaired) electrons. The van der Waals surface area contributed by atoms with E-state index in [2.05, 4.69) is 0 Å². The van der Waals surface area contributed by atoms with Crippen LogP contribution >= 0.6 is 0 Å². The first-order valence-electron chi connectivity index (χ1n) is 4.77. The first-order valence-corrected chi connectivity index (χ1v) is 6.31. The summed E-state index contributed by atoms with van der Waals surface area (Å²) in [6, 6.07) is 0. The average Bonchev–Trinajstić information content (AvgIpc) is 2.96. The number of nitrogens with two attached hydrogens (primary N) is 1. The zero-order chi connectivity index (χ0) is 11.5. The Labute approximate surface area is 89.2 Å². The van der Waals surface area contributed by atoms with Crippen molar-refractivity contribution in [3.63, 3.8) is 0 Å². The fourth-order valence-electron chi connectivity index (χ4n) is 1.13. The largest absolute Gasteiger partial charge is 0.380 e. The molecule has 1 rings (SSSR count). The molecule has 1 fully saturated rings. The highest BCUT2D eigenvalue weighted by molar-refractivity contribution is 7.90. The third kappa shape index (κ3) is 3.77. The maximum Gasteiger partial charge on any atom is 0.237 e. The smallest absolute Gasteiger partial charge is 0.237 e. The van der Waals surface area contributed by atoms with Gasteiger partial charge in [-0.3, -0.25) is 9.52 Å². The van der Waals surface area contributed by atoms with Gasteiger partial charge in [0, 0.05) is 13.7 Å². The summed E-state index contributed by atoms with van der Waals surface area (Å²) in [6.07, 6.45) is 0.804. The minimum Gasteiger partial charge on any atom is -0.380 e. The molecule has 1 aliphatic carbocycles. The van der Waals surface area contributed by atoms with Crippen LogP contribution < -0.4 is 10.5 Å². The van der Waals surface area contributed by atoms with Gasteiger partial charge in [-0.2, -0.15) is 0 Å². The molecule has 0 aliphatic heterocycles. The number of hydrogen-bond donors (Lipinski definition) is 2. The fraction of sp³-hybridized carbons (Fsp3) is 0.875. The van der Waals surface area contributed by atoms with Crippen molar-refractivity contribution in [2.45, 2.75) is 30.6 Å². The van der Waals surface area contributed by atoms with Gasteiger partial charge >= 0.3 is 0 Å². The summed E-state index contributed by atoms with van der Waals surface area (Å²) < 4.78 is 29.6. The van der Waals surface area contributed by atoms with Crippen molar-refractivity contribution in [2.75, 3.05) is 13.7 Å². The molecule has 0 aromatic carbocycles. The van der Waals surface area contributed by atoms with Crippen molar-refractivity contribution in [3.8, 4) is 0 Å². The van der Waals surface area contributed by atoms with E-state index < -0.39 is 22.0 Å². The maximum absolute atomic E-state index is 11.4. The van der Waals surface area contributed by atoms with Gasteiger partial charge < -0.3 is 10.5 Å². The molecule has 6 nitrogen and oxygen atoms in total. The highest BCUT2D eigenvalue weighted by Gasteiger charge is 2.36. The van der Waals surface area contributed by atoms with Crippen LogP contribution in [0, 0.1) is 0 Å². The molecule has 0 spiro atoms. The summed E-state index contributed by atoms with van der Waals surface area (Å²) in [7, 11) is -2.01. The number of sulfonamides is 1. The van der Waals surface area contributed by atoms with Gasteiger partial charge in [0.15, 0.2) is 0 Å². The van der Waals surface area contributed by atoms with Crippen LogP contribution in [0.1, 0.15) is 19.3 Å². The minimum absolute atomic E-state index is 0.0288. The third-order valence-corrected chi connectivity index (χ3v) is 4.09. The topological polar surface area (TPSA) is 98.5 Å². The van der Waals surface area contributed by atoms with E-state index in [-0.39, 0.29) is 18.2 Å². The van der Waals surface area contributed by atoms with Crippen LogP contribution in [0.3, 0.4) is 0 Å². The summed E-state index contributed by atoms with van der Waals surface area (Å²) in [5.74, 6) is -0.556. The fourth-order valence-corrected chi connectivity index (χ4v) is 2.46. The van der Waals surface area contributed by atoms with E-state index in [0.29, 0.717) is 12.8 Å². The highest BCUT2D eigenvalue weighted by atomic mass is 32.2. The molecule has 3 N–H and O–H groups in total. The van der Waals surface area contributed by atoms with Gasteiger partial charge in [0.2, 0.25) is 15.9 Å². The van der Waals surface area contributed by atoms with Crippen LogP contribution in [0.15, 0.2) is 0 Å². The molecule has 1 amide bonds. The molecule has 0 heterocycles. The van der Waals surface area contributed by atoms with Crippen molar-refractivity contribution in [1.82, 2.24) is 4.72 Å². The number of carbonyl (C=O) groups is 1. The van der Waals surface area contributed by atoms with Crippen LogP contribution in [-0.4, -0.2) is 39.3 Å². The Balaban J connectivity index is 2.41. The molecule has 0 saturated heterocycles. The lowest BCUT2D eigenvalue weighted by molar-refractivity contribution is -0.121. The second-order valence-corrected chi connectivity index (χ2v) is 5.53. The summed E-state index contributed by atoms with van der Waals surface area (Å²) in [6.45, 7) is 0.188. The van der Waals surface area contributed by atoms with Crippen molar-refractivity contribution in [2.24, 2.45) is 5.73 Å². The predicted molar refractivity (Wildman–Crippen MR) is 54.6 cm³/mol. The summed E-state index contributed by atoms with van der Waals surface area (Å²) in [5.41, 5.74) is 5.31. The molecule has 1 saturated carbocycles. The van der Waals surface area contributed by atoms with Gasteiger partial charge in [-0.25, -0.2) is 8.42 Å². The van der Waals surface area contributed by atoms with Gasteiger partial charge in [-0.1, -0.05) is 0 Å². The molecule has 0 aromatic rings. The average molecular weight is 236 g/mol. The first-order chi connectivity index (χ1) is 6.99. The minimum atomic E-state index is -3.44. The van der Waals surface area contributed by atoms with Gasteiger partial charge in [0.25, 0.3) is 0 Å². The molecule has 88 valence electrons. The molecule has 1 unspecified atom stereocenters. The van der Waals surface area contributed by atoms with Crippen molar-refractivity contribution in [1.29, 1.82) is 0 Å². The van der Waals surface area contributed by atoms with E-state index >= 15 is 0 Å². The molecule has 1 aliphatic rings. The molecular formula is C8H16N2O4S. The molecular weight excluding hydrogens is 220 g/mol. The van der Waals surface area contributed by atoms with E-state index in [4.69, 9.17) is 10.5 Å². The number of ether oxygens (including phenoxy) is 1. The predicted octanol–water partition coefficient (Wildman–Crippen LogP) is -1.04. The SMILES string of the molecule is COC(CN)CC(=O)NS(=O)(=O)C1CC1. The number of hydrogen-bond acceptors (Lipinski definition) is 5. The second kappa shape index (κ2) is 4.91. The van der Waals surface area contributed by atoms with Gasteiger partial charge in [-0.05, 0) is 12.8 Å². The number of nitrogens with one attached hydrogen (secondary N) is 1. The quantitative estimate of drug-likeness (QED) is 0.613. The van der Waals surface area contributed by atoms with E-state index in [1.165, 1.54) is 7.11 Å². The molecule has 0 bridgehead atoms. The number of methoxy groups -OCH3 is 1. The van der Waals surface area contributed by atoms with E-state index in [0.717, 1.165) is 0 Å². The Hall–Kier alpha value is -0.660. The zero-order valence-electron chi connectivity index (χ0n) is 8.60. The highest BCUT2D eigenvalue weighted by Crippen LogP contribution is 2.27. The summed E-state index contributed by atoms with van der Waals surface area (Å²) in [5, 5.41) is -0.389. The van der Waals surface area contributed by atoms with E-state index in [1.54, 1.807) is 0 Å². The number of carbonyl (C=O) groups excluding carboxylic acids is 1. The number of amides is 1. The first kappa shape index (κ1) is 12.4. The Bertz CT molecular complexity index is 320. The summed E-state index contributed by atoms with van der Waals surface area (Å²) in [4.78, 5) is 11.3. The standard InChI is InChI=1S/C8H16N2O4S/c1-14-6(5-9)4-8(11)10-15(12,13)7-2-3-7/h6-7H,2-5,9H2,1H3,(H,10,11). The third-order valence-electron chi connectivity index (χ3n) is 2.23. The van der Waals surface area contributed by atoms with Crippen LogP contribution in [0.4, 0.5) is 0 Å². The van der Waals surface area contributed by atoms with Gasteiger partial charge in [0.1, 0.15) is 0 Å². The van der Waals surface area contributed by atoms with Crippen LogP contribution in [0.2, 0.25) is 0 Å². The van der Waals surface area contributed by atoms with Crippen molar-refractivity contribution >= 4 is 15.9 Å². The Morgan fingerprint density at radius 2 is 2.20 bits per heavy atom. The van der Waals surface area contributed by atoms with E-state index in [1.807, 2.05) is 4.72 Å². The van der Waals surface area contributed by atoms with Gasteiger partial charge in [-0.15, -0.1) is 0 Å². The lowest BCUT2D eigenvalue weighted by Crippen LogP contribution is -2.37. The van der Waals surface area contributed by atoms with Gasteiger partial charge in [0.05, 0.1) is 17.8 Å². The normalized spacial score (nSPS) is 18.5. The molecule has 1 atom stereocenters. The number of rotatable bonds is 6. The lowest BCUT2D eigenvalue weighted by Gasteiger charge is -2.12. The molecule has 7 heteroatoms. The lowest BCUT2D eigenvalue weighted by atomic mass is 10.2. The Kier molecular flexibility index (Phi) is 4.06. The second-order valence-electron chi connectivity index (χ2n) is 3.57. The molecule has 0 aromatic heterocycles. The van der Waals surface area contributed by atoms with Crippen molar-refractivity contribution < 1.29 is 17.9 Å².